The smallest absolute Gasteiger partial charge is 0.279 e. The van der Waals surface area contributed by atoms with E-state index in [0.717, 1.165) is 10.2 Å². The third-order valence-electron chi connectivity index (χ3n) is 4.57. The van der Waals surface area contributed by atoms with Gasteiger partial charge in [0.15, 0.2) is 4.80 Å². The minimum Gasteiger partial charge on any atom is -0.317 e. The second kappa shape index (κ2) is 8.66. The summed E-state index contributed by atoms with van der Waals surface area (Å²) in [5, 5.41) is 0.619. The number of nitrogens with zero attached hydrogens (tertiary/aromatic N) is 2. The van der Waals surface area contributed by atoms with E-state index in [9.17, 15) is 13.2 Å². The number of fused-ring (bicyclic) bond motifs is 1. The van der Waals surface area contributed by atoms with Crippen LogP contribution < -0.4 is 9.52 Å². The topological polar surface area (TPSA) is 80.5 Å². The molecule has 6 nitrogen and oxygen atoms in total. The van der Waals surface area contributed by atoms with Gasteiger partial charge in [-0.15, -0.1) is 0 Å². The zero-order valence-electron chi connectivity index (χ0n) is 16.4. The number of carbonyl (C=O) groups excluding carboxylic acids is 1. The number of anilines is 1. The Balaban J connectivity index is 1.67. The van der Waals surface area contributed by atoms with E-state index in [-0.39, 0.29) is 16.1 Å². The van der Waals surface area contributed by atoms with Crippen molar-refractivity contribution in [2.24, 2.45) is 4.99 Å². The summed E-state index contributed by atoms with van der Waals surface area (Å²) in [7, 11) is -3.75. The maximum absolute atomic E-state index is 12.8. The molecule has 1 aromatic heterocycles. The lowest BCUT2D eigenvalue weighted by atomic mass is 10.2. The molecule has 9 heteroatoms. The molecule has 1 N–H and O–H groups in total. The predicted octanol–water partition coefficient (Wildman–Crippen LogP) is 4.92. The van der Waals surface area contributed by atoms with Crippen LogP contribution in [0.5, 0.6) is 0 Å². The second-order valence-electron chi connectivity index (χ2n) is 6.66. The number of carbonyl (C=O) groups is 1. The van der Waals surface area contributed by atoms with Gasteiger partial charge in [-0.1, -0.05) is 47.2 Å². The minimum absolute atomic E-state index is 0.143. The monoisotopic (exact) mass is 471 g/mol. The molecule has 0 radical (unpaired) electrons. The molecule has 0 saturated carbocycles. The highest BCUT2D eigenvalue weighted by Crippen LogP contribution is 2.22. The number of aromatic nitrogens is 1. The van der Waals surface area contributed by atoms with Crippen molar-refractivity contribution in [1.82, 2.24) is 4.57 Å². The normalized spacial score (nSPS) is 12.3. The van der Waals surface area contributed by atoms with Crippen molar-refractivity contribution in [3.05, 3.63) is 88.2 Å². The van der Waals surface area contributed by atoms with Gasteiger partial charge in [0.2, 0.25) is 0 Å². The van der Waals surface area contributed by atoms with Gasteiger partial charge in [-0.05, 0) is 55.5 Å². The summed E-state index contributed by atoms with van der Waals surface area (Å²) in [6, 6.07) is 19.9. The van der Waals surface area contributed by atoms with Gasteiger partial charge in [0, 0.05) is 22.8 Å². The van der Waals surface area contributed by atoms with Crippen molar-refractivity contribution in [3.63, 3.8) is 0 Å². The van der Waals surface area contributed by atoms with Crippen molar-refractivity contribution in [2.75, 3.05) is 4.72 Å². The van der Waals surface area contributed by atoms with Gasteiger partial charge in [0.05, 0.1) is 15.1 Å². The molecule has 31 heavy (non-hydrogen) atoms. The summed E-state index contributed by atoms with van der Waals surface area (Å²) >= 11 is 7.46. The molecule has 0 fully saturated rings. The molecule has 4 aromatic rings. The summed E-state index contributed by atoms with van der Waals surface area (Å²) in [5.74, 6) is -0.458. The van der Waals surface area contributed by atoms with Crippen LogP contribution in [-0.4, -0.2) is 18.9 Å². The number of hydrogen-bond donors (Lipinski definition) is 1. The Labute approximate surface area is 188 Å². The zero-order valence-corrected chi connectivity index (χ0v) is 18.8. The zero-order chi connectivity index (χ0) is 22.0. The van der Waals surface area contributed by atoms with E-state index in [0.29, 0.717) is 16.4 Å². The van der Waals surface area contributed by atoms with E-state index in [1.54, 1.807) is 42.5 Å². The van der Waals surface area contributed by atoms with Crippen LogP contribution in [0.15, 0.2) is 82.7 Å². The first-order valence-electron chi connectivity index (χ1n) is 9.43. The molecule has 0 atom stereocenters. The highest BCUT2D eigenvalue weighted by molar-refractivity contribution is 7.92. The number of hydrogen-bond acceptors (Lipinski definition) is 4. The number of amides is 1. The van der Waals surface area contributed by atoms with Crippen LogP contribution in [0.25, 0.3) is 10.2 Å². The van der Waals surface area contributed by atoms with Crippen LogP contribution in [0, 0.1) is 0 Å². The summed E-state index contributed by atoms with van der Waals surface area (Å²) < 4.78 is 30.5. The van der Waals surface area contributed by atoms with E-state index in [4.69, 9.17) is 11.6 Å². The van der Waals surface area contributed by atoms with E-state index in [2.05, 4.69) is 9.71 Å². The molecule has 0 bridgehead atoms. The Hall–Kier alpha value is -2.94. The lowest BCUT2D eigenvalue weighted by Gasteiger charge is -2.08. The fraction of sp³-hybridized carbons (Fsp3) is 0.0909. The number of rotatable bonds is 5. The quantitative estimate of drug-likeness (QED) is 0.448. The largest absolute Gasteiger partial charge is 0.317 e. The molecule has 0 aliphatic carbocycles. The van der Waals surface area contributed by atoms with Crippen LogP contribution in [0.2, 0.25) is 5.02 Å². The summed E-state index contributed by atoms with van der Waals surface area (Å²) in [6.45, 7) is 2.62. The summed E-state index contributed by atoms with van der Waals surface area (Å²) in [4.78, 5) is 17.8. The lowest BCUT2D eigenvalue weighted by Crippen LogP contribution is -2.16. The molecule has 158 valence electrons. The van der Waals surface area contributed by atoms with Gasteiger partial charge >= 0.3 is 0 Å². The van der Waals surface area contributed by atoms with Gasteiger partial charge in [-0.3, -0.25) is 9.52 Å². The van der Waals surface area contributed by atoms with Gasteiger partial charge in [0.1, 0.15) is 0 Å². The first-order valence-corrected chi connectivity index (χ1v) is 12.1. The number of thiazole rings is 1. The average Bonchev–Trinajstić information content (AvgIpc) is 3.10. The predicted molar refractivity (Wildman–Crippen MR) is 124 cm³/mol. The van der Waals surface area contributed by atoms with Crippen molar-refractivity contribution < 1.29 is 13.2 Å². The van der Waals surface area contributed by atoms with Gasteiger partial charge in [-0.2, -0.15) is 4.99 Å². The molecule has 0 aliphatic rings. The van der Waals surface area contributed by atoms with Crippen LogP contribution in [0.1, 0.15) is 17.3 Å². The molecule has 3 aromatic carbocycles. The molecule has 0 unspecified atom stereocenters. The third kappa shape index (κ3) is 4.56. The third-order valence-corrected chi connectivity index (χ3v) is 7.25. The molecule has 1 heterocycles. The van der Waals surface area contributed by atoms with Crippen LogP contribution >= 0.6 is 22.9 Å². The van der Waals surface area contributed by atoms with E-state index >= 15 is 0 Å². The van der Waals surface area contributed by atoms with Crippen molar-refractivity contribution in [2.45, 2.75) is 18.4 Å². The first kappa shape index (κ1) is 21.3. The number of halogens is 1. The fourth-order valence-electron chi connectivity index (χ4n) is 3.12. The Morgan fingerprint density at radius 1 is 1.06 bits per heavy atom. The molecular weight excluding hydrogens is 454 g/mol. The van der Waals surface area contributed by atoms with E-state index in [1.165, 1.54) is 29.5 Å². The molecule has 0 spiro atoms. The van der Waals surface area contributed by atoms with E-state index < -0.39 is 15.9 Å². The SMILES string of the molecule is CCn1c(=NC(=O)c2cccc(NS(=O)(=O)c3ccccc3)c2)sc2cc(Cl)ccc21. The minimum atomic E-state index is -3.75. The van der Waals surface area contributed by atoms with Crippen LogP contribution in [0.3, 0.4) is 0 Å². The van der Waals surface area contributed by atoms with Gasteiger partial charge in [-0.25, -0.2) is 8.42 Å². The Kier molecular flexibility index (Phi) is 5.95. The number of sulfonamides is 1. The molecule has 4 rings (SSSR count). The number of benzene rings is 3. The molecule has 0 saturated heterocycles. The maximum Gasteiger partial charge on any atom is 0.279 e. The average molecular weight is 472 g/mol. The van der Waals surface area contributed by atoms with E-state index in [1.807, 2.05) is 23.6 Å². The molecule has 1 amide bonds. The lowest BCUT2D eigenvalue weighted by molar-refractivity contribution is 0.0998. The summed E-state index contributed by atoms with van der Waals surface area (Å²) in [6.07, 6.45) is 0. The number of nitrogens with one attached hydrogen (secondary N) is 1. The van der Waals surface area contributed by atoms with Gasteiger partial charge < -0.3 is 4.57 Å². The second-order valence-corrected chi connectivity index (χ2v) is 9.79. The van der Waals surface area contributed by atoms with Crippen molar-refractivity contribution >= 4 is 54.8 Å². The first-order chi connectivity index (χ1) is 14.9. The maximum atomic E-state index is 12.8. The van der Waals surface area contributed by atoms with Crippen molar-refractivity contribution in [3.8, 4) is 0 Å². The van der Waals surface area contributed by atoms with Gasteiger partial charge in [0.25, 0.3) is 15.9 Å². The molecule has 0 aliphatic heterocycles. The highest BCUT2D eigenvalue weighted by Gasteiger charge is 2.15. The fourth-order valence-corrected chi connectivity index (χ4v) is 5.56. The Bertz CT molecular complexity index is 1440. The summed E-state index contributed by atoms with van der Waals surface area (Å²) in [5.41, 5.74) is 1.52. The molecular formula is C22H18ClN3O3S2. The number of aryl methyl sites for hydroxylation is 1. The van der Waals surface area contributed by atoms with Crippen LogP contribution in [0.4, 0.5) is 5.69 Å². The Morgan fingerprint density at radius 2 is 1.84 bits per heavy atom. The van der Waals surface area contributed by atoms with Crippen molar-refractivity contribution in [1.29, 1.82) is 0 Å². The highest BCUT2D eigenvalue weighted by atomic mass is 35.5. The Morgan fingerprint density at radius 3 is 2.58 bits per heavy atom. The standard InChI is InChI=1S/C22H18ClN3O3S2/c1-2-26-19-12-11-16(23)14-20(19)30-22(26)24-21(27)15-7-6-8-17(13-15)25-31(28,29)18-9-4-3-5-10-18/h3-14,25H,2H2,1H3. The van der Waals surface area contributed by atoms with Crippen LogP contribution in [-0.2, 0) is 16.6 Å².